The second-order valence-corrected chi connectivity index (χ2v) is 3.43. The van der Waals surface area contributed by atoms with Crippen LogP contribution in [0, 0.1) is 0 Å². The van der Waals surface area contributed by atoms with Crippen molar-refractivity contribution in [1.29, 1.82) is 0 Å². The summed E-state index contributed by atoms with van der Waals surface area (Å²) in [5, 5.41) is 0. The number of aromatic nitrogens is 1. The van der Waals surface area contributed by atoms with Gasteiger partial charge in [-0.3, -0.25) is 4.98 Å². The van der Waals surface area contributed by atoms with E-state index in [-0.39, 0.29) is 0 Å². The maximum Gasteiger partial charge on any atom is 0.0794 e. The molecule has 10 heavy (non-hydrogen) atoms. The fourth-order valence-corrected chi connectivity index (χ4v) is 1.31. The Morgan fingerprint density at radius 3 is 3.10 bits per heavy atom. The van der Waals surface area contributed by atoms with Gasteiger partial charge >= 0.3 is 0 Å². The number of aryl methyl sites for hydroxylation is 1. The predicted octanol–water partition coefficient (Wildman–Crippen LogP) is 1.36. The Labute approximate surface area is 69.1 Å². The van der Waals surface area contributed by atoms with Crippen molar-refractivity contribution < 1.29 is 0 Å². The molecule has 0 fully saturated rings. The highest BCUT2D eigenvalue weighted by atomic mass is 32.1. The second-order valence-electron chi connectivity index (χ2n) is 1.93. The fourth-order valence-electron chi connectivity index (χ4n) is 0.612. The summed E-state index contributed by atoms with van der Waals surface area (Å²) in [5.41, 5.74) is 7.14. The van der Waals surface area contributed by atoms with Crippen LogP contribution < -0.4 is 5.73 Å². The van der Waals surface area contributed by atoms with Crippen LogP contribution in [0.2, 0.25) is 0 Å². The van der Waals surface area contributed by atoms with E-state index in [4.69, 9.17) is 18.0 Å². The van der Waals surface area contributed by atoms with Gasteiger partial charge in [-0.15, -0.1) is 11.3 Å². The summed E-state index contributed by atoms with van der Waals surface area (Å²) in [7, 11) is 0. The molecule has 0 radical (unpaired) electrons. The lowest BCUT2D eigenvalue weighted by Crippen LogP contribution is -2.07. The zero-order chi connectivity index (χ0) is 7.40. The molecule has 0 spiro atoms. The van der Waals surface area contributed by atoms with Gasteiger partial charge in [-0.1, -0.05) is 12.2 Å². The van der Waals surface area contributed by atoms with Gasteiger partial charge in [0.25, 0.3) is 0 Å². The zero-order valence-electron chi connectivity index (χ0n) is 5.41. The molecule has 2 N–H and O–H groups in total. The summed E-state index contributed by atoms with van der Waals surface area (Å²) in [5.74, 6) is 0. The van der Waals surface area contributed by atoms with E-state index in [9.17, 15) is 0 Å². The van der Waals surface area contributed by atoms with Gasteiger partial charge in [0.2, 0.25) is 0 Å². The Morgan fingerprint density at radius 1 is 1.80 bits per heavy atom. The van der Waals surface area contributed by atoms with E-state index < -0.39 is 0 Å². The minimum absolute atomic E-state index is 0.577. The van der Waals surface area contributed by atoms with Crippen molar-refractivity contribution in [2.75, 3.05) is 0 Å². The van der Waals surface area contributed by atoms with Crippen LogP contribution in [-0.2, 0) is 6.42 Å². The van der Waals surface area contributed by atoms with E-state index in [1.807, 2.05) is 11.7 Å². The van der Waals surface area contributed by atoms with Gasteiger partial charge in [0.1, 0.15) is 0 Å². The Balaban J connectivity index is 2.35. The molecule has 0 atom stereocenters. The third-order valence-electron chi connectivity index (χ3n) is 1.10. The first-order valence-corrected chi connectivity index (χ1v) is 4.23. The van der Waals surface area contributed by atoms with Gasteiger partial charge in [-0.05, 0) is 6.42 Å². The molecule has 1 rings (SSSR count). The van der Waals surface area contributed by atoms with E-state index in [2.05, 4.69) is 4.98 Å². The fraction of sp³-hybridized carbons (Fsp3) is 0.333. The van der Waals surface area contributed by atoms with Crippen LogP contribution in [0.4, 0.5) is 0 Å². The third-order valence-corrected chi connectivity index (χ3v) is 2.14. The quantitative estimate of drug-likeness (QED) is 0.700. The summed E-state index contributed by atoms with van der Waals surface area (Å²) in [6.45, 7) is 0. The summed E-state index contributed by atoms with van der Waals surface area (Å²) >= 11 is 6.37. The van der Waals surface area contributed by atoms with Crippen LogP contribution in [0.25, 0.3) is 0 Å². The highest BCUT2D eigenvalue weighted by Crippen LogP contribution is 2.07. The van der Waals surface area contributed by atoms with Gasteiger partial charge < -0.3 is 5.73 Å². The van der Waals surface area contributed by atoms with Crippen LogP contribution in [0.5, 0.6) is 0 Å². The average molecular weight is 172 g/mol. The molecule has 0 aromatic carbocycles. The first kappa shape index (κ1) is 7.63. The largest absolute Gasteiger partial charge is 0.393 e. The van der Waals surface area contributed by atoms with E-state index in [1.54, 1.807) is 11.3 Å². The number of hydrogen-bond acceptors (Lipinski definition) is 3. The van der Waals surface area contributed by atoms with Gasteiger partial charge in [0.15, 0.2) is 0 Å². The summed E-state index contributed by atoms with van der Waals surface area (Å²) in [6, 6.07) is 0. The smallest absolute Gasteiger partial charge is 0.0794 e. The molecule has 1 heterocycles. The summed E-state index contributed by atoms with van der Waals surface area (Å²) in [4.78, 5) is 5.76. The minimum atomic E-state index is 0.577. The van der Waals surface area contributed by atoms with Crippen molar-refractivity contribution in [2.45, 2.75) is 12.8 Å². The van der Waals surface area contributed by atoms with Crippen molar-refractivity contribution in [3.05, 3.63) is 16.6 Å². The Kier molecular flexibility index (Phi) is 2.77. The van der Waals surface area contributed by atoms with Crippen LogP contribution in [0.1, 0.15) is 11.3 Å². The third kappa shape index (κ3) is 2.41. The van der Waals surface area contributed by atoms with E-state index in [0.717, 1.165) is 12.8 Å². The SMILES string of the molecule is NC(=S)CCc1cncs1. The molecule has 0 saturated carbocycles. The molecule has 54 valence electrons. The van der Waals surface area contributed by atoms with E-state index in [1.165, 1.54) is 4.88 Å². The van der Waals surface area contributed by atoms with Gasteiger partial charge in [0.05, 0.1) is 10.5 Å². The van der Waals surface area contributed by atoms with Gasteiger partial charge in [-0.2, -0.15) is 0 Å². The lowest BCUT2D eigenvalue weighted by molar-refractivity contribution is 1.06. The van der Waals surface area contributed by atoms with E-state index >= 15 is 0 Å². The predicted molar refractivity (Wildman–Crippen MR) is 47.2 cm³/mol. The highest BCUT2D eigenvalue weighted by molar-refractivity contribution is 7.80. The molecule has 1 aromatic rings. The molecule has 2 nitrogen and oxygen atoms in total. The van der Waals surface area contributed by atoms with Crippen LogP contribution in [-0.4, -0.2) is 9.97 Å². The van der Waals surface area contributed by atoms with Crippen molar-refractivity contribution in [2.24, 2.45) is 5.73 Å². The van der Waals surface area contributed by atoms with Crippen LogP contribution in [0.15, 0.2) is 11.7 Å². The second kappa shape index (κ2) is 3.63. The molecule has 0 aliphatic rings. The molecule has 0 saturated heterocycles. The minimum Gasteiger partial charge on any atom is -0.393 e. The van der Waals surface area contributed by atoms with Crippen molar-refractivity contribution in [3.8, 4) is 0 Å². The Bertz CT molecular complexity index is 206. The van der Waals surface area contributed by atoms with Crippen LogP contribution >= 0.6 is 23.6 Å². The Hall–Kier alpha value is -0.480. The monoisotopic (exact) mass is 172 g/mol. The standard InChI is InChI=1S/C6H8N2S2/c7-6(9)2-1-5-3-8-4-10-5/h3-4H,1-2H2,(H2,7,9). The van der Waals surface area contributed by atoms with Crippen molar-refractivity contribution >= 4 is 28.5 Å². The van der Waals surface area contributed by atoms with Gasteiger partial charge in [-0.25, -0.2) is 0 Å². The van der Waals surface area contributed by atoms with Crippen molar-refractivity contribution in [3.63, 3.8) is 0 Å². The topological polar surface area (TPSA) is 38.9 Å². The summed E-state index contributed by atoms with van der Waals surface area (Å²) < 4.78 is 0. The molecule has 4 heteroatoms. The molecule has 0 amide bonds. The Morgan fingerprint density at radius 2 is 2.60 bits per heavy atom. The molecule has 0 aliphatic heterocycles. The maximum atomic E-state index is 5.32. The van der Waals surface area contributed by atoms with Crippen LogP contribution in [0.3, 0.4) is 0 Å². The maximum absolute atomic E-state index is 5.32. The number of nitrogens with two attached hydrogens (primary N) is 1. The first-order valence-electron chi connectivity index (χ1n) is 2.94. The number of hydrogen-bond donors (Lipinski definition) is 1. The lowest BCUT2D eigenvalue weighted by Gasteiger charge is -1.92. The zero-order valence-corrected chi connectivity index (χ0v) is 7.04. The number of thiocarbonyl (C=S) groups is 1. The molecule has 0 unspecified atom stereocenters. The molecule has 0 bridgehead atoms. The normalized spacial score (nSPS) is 9.60. The molecule has 0 aliphatic carbocycles. The molecular formula is C6H8N2S2. The van der Waals surface area contributed by atoms with Crippen molar-refractivity contribution in [1.82, 2.24) is 4.98 Å². The number of thiazole rings is 1. The van der Waals surface area contributed by atoms with Gasteiger partial charge in [0, 0.05) is 17.5 Å². The van der Waals surface area contributed by atoms with E-state index in [0.29, 0.717) is 4.99 Å². The number of rotatable bonds is 3. The highest BCUT2D eigenvalue weighted by Gasteiger charge is 1.94. The molecular weight excluding hydrogens is 164 g/mol. The molecule has 1 aromatic heterocycles. The average Bonchev–Trinajstić information content (AvgIpc) is 2.34. The first-order chi connectivity index (χ1) is 4.79. The number of nitrogens with zero attached hydrogens (tertiary/aromatic N) is 1. The lowest BCUT2D eigenvalue weighted by atomic mass is 10.3. The summed E-state index contributed by atoms with van der Waals surface area (Å²) in [6.07, 6.45) is 3.57.